The second-order valence-electron chi connectivity index (χ2n) is 3.06. The third-order valence-electron chi connectivity index (χ3n) is 2.12. The van der Waals surface area contributed by atoms with Crippen molar-refractivity contribution in [2.24, 2.45) is 5.73 Å². The van der Waals surface area contributed by atoms with E-state index in [2.05, 4.69) is 0 Å². The first-order valence-corrected chi connectivity index (χ1v) is 4.46. The molecule has 2 aromatic rings. The van der Waals surface area contributed by atoms with E-state index in [1.54, 1.807) is 19.1 Å². The summed E-state index contributed by atoms with van der Waals surface area (Å²) in [6.45, 7) is 1.79. The predicted molar refractivity (Wildman–Crippen MR) is 54.5 cm³/mol. The number of carbonyl (C=O) groups excluding carboxylic acids is 1. The molecular formula is C10H8ClNO2. The fourth-order valence-electron chi connectivity index (χ4n) is 1.43. The van der Waals surface area contributed by atoms with Crippen molar-refractivity contribution in [1.82, 2.24) is 0 Å². The highest BCUT2D eigenvalue weighted by atomic mass is 35.5. The Hall–Kier alpha value is -1.48. The molecule has 0 saturated heterocycles. The van der Waals surface area contributed by atoms with Gasteiger partial charge in [0.1, 0.15) is 5.58 Å². The van der Waals surface area contributed by atoms with Gasteiger partial charge < -0.3 is 10.2 Å². The molecule has 2 N–H and O–H groups in total. The highest BCUT2D eigenvalue weighted by Crippen LogP contribution is 2.27. The molecule has 3 nitrogen and oxygen atoms in total. The summed E-state index contributed by atoms with van der Waals surface area (Å²) >= 11 is 5.78. The molecule has 0 unspecified atom stereocenters. The maximum absolute atomic E-state index is 11.0. The summed E-state index contributed by atoms with van der Waals surface area (Å²) < 4.78 is 5.28. The molecule has 14 heavy (non-hydrogen) atoms. The molecule has 0 aliphatic carbocycles. The molecule has 1 amide bonds. The van der Waals surface area contributed by atoms with E-state index in [0.29, 0.717) is 10.6 Å². The molecule has 1 aromatic carbocycles. The summed E-state index contributed by atoms with van der Waals surface area (Å²) in [5.74, 6) is -0.364. The fraction of sp³-hybridized carbons (Fsp3) is 0.100. The van der Waals surface area contributed by atoms with Crippen LogP contribution in [0.1, 0.15) is 16.1 Å². The Labute approximate surface area is 85.4 Å². The van der Waals surface area contributed by atoms with Gasteiger partial charge in [-0.2, -0.15) is 0 Å². The molecule has 0 aliphatic rings. The van der Waals surface area contributed by atoms with Gasteiger partial charge in [0.15, 0.2) is 5.76 Å². The topological polar surface area (TPSA) is 56.2 Å². The van der Waals surface area contributed by atoms with Crippen molar-refractivity contribution in [2.75, 3.05) is 0 Å². The quantitative estimate of drug-likeness (QED) is 0.785. The molecule has 72 valence electrons. The summed E-state index contributed by atoms with van der Waals surface area (Å²) in [7, 11) is 0. The lowest BCUT2D eigenvalue weighted by Gasteiger charge is -1.89. The van der Waals surface area contributed by atoms with Crippen molar-refractivity contribution in [1.29, 1.82) is 0 Å². The molecule has 0 fully saturated rings. The highest BCUT2D eigenvalue weighted by molar-refractivity contribution is 6.31. The first-order valence-electron chi connectivity index (χ1n) is 4.08. The zero-order chi connectivity index (χ0) is 10.3. The second kappa shape index (κ2) is 3.03. The van der Waals surface area contributed by atoms with E-state index < -0.39 is 5.91 Å². The van der Waals surface area contributed by atoms with Crippen molar-refractivity contribution in [3.8, 4) is 0 Å². The molecule has 0 atom stereocenters. The van der Waals surface area contributed by atoms with Crippen molar-refractivity contribution >= 4 is 28.5 Å². The number of benzene rings is 1. The largest absolute Gasteiger partial charge is 0.451 e. The van der Waals surface area contributed by atoms with E-state index in [1.807, 2.05) is 6.07 Å². The monoisotopic (exact) mass is 209 g/mol. The van der Waals surface area contributed by atoms with Gasteiger partial charge in [-0.05, 0) is 19.1 Å². The first kappa shape index (κ1) is 9.09. The maximum atomic E-state index is 11.0. The van der Waals surface area contributed by atoms with Crippen LogP contribution in [0.2, 0.25) is 5.02 Å². The van der Waals surface area contributed by atoms with E-state index in [0.717, 1.165) is 10.9 Å². The van der Waals surface area contributed by atoms with Crippen LogP contribution in [0.4, 0.5) is 0 Å². The van der Waals surface area contributed by atoms with Crippen molar-refractivity contribution in [3.05, 3.63) is 34.5 Å². The molecule has 0 saturated carbocycles. The van der Waals surface area contributed by atoms with Gasteiger partial charge in [-0.1, -0.05) is 11.6 Å². The van der Waals surface area contributed by atoms with Crippen molar-refractivity contribution < 1.29 is 9.21 Å². The number of nitrogens with two attached hydrogens (primary N) is 1. The summed E-state index contributed by atoms with van der Waals surface area (Å²) in [5, 5.41) is 1.44. The van der Waals surface area contributed by atoms with E-state index in [-0.39, 0.29) is 5.76 Å². The second-order valence-corrected chi connectivity index (χ2v) is 3.50. The Kier molecular flexibility index (Phi) is 1.97. The third kappa shape index (κ3) is 1.26. The lowest BCUT2D eigenvalue weighted by molar-refractivity contribution is 0.0975. The molecule has 0 aliphatic heterocycles. The lowest BCUT2D eigenvalue weighted by Crippen LogP contribution is -2.10. The fourth-order valence-corrected chi connectivity index (χ4v) is 1.60. The van der Waals surface area contributed by atoms with Crippen molar-refractivity contribution in [3.63, 3.8) is 0 Å². The van der Waals surface area contributed by atoms with E-state index in [4.69, 9.17) is 21.8 Å². The molecule has 0 spiro atoms. The number of amides is 1. The normalized spacial score (nSPS) is 10.7. The van der Waals surface area contributed by atoms with Gasteiger partial charge in [0.25, 0.3) is 5.91 Å². The van der Waals surface area contributed by atoms with Gasteiger partial charge in [-0.15, -0.1) is 0 Å². The van der Waals surface area contributed by atoms with Gasteiger partial charge in [0, 0.05) is 22.0 Å². The minimum absolute atomic E-state index is 0.197. The van der Waals surface area contributed by atoms with E-state index >= 15 is 0 Å². The van der Waals surface area contributed by atoms with Crippen molar-refractivity contribution in [2.45, 2.75) is 6.92 Å². The summed E-state index contributed by atoms with van der Waals surface area (Å²) in [5.41, 5.74) is 6.49. The third-order valence-corrected chi connectivity index (χ3v) is 2.36. The molecule has 0 bridgehead atoms. The SMILES string of the molecule is Cc1c(C(N)=O)oc2cc(Cl)ccc12. The van der Waals surface area contributed by atoms with E-state index in [1.165, 1.54) is 0 Å². The van der Waals surface area contributed by atoms with Crippen LogP contribution in [0.15, 0.2) is 22.6 Å². The summed E-state index contributed by atoms with van der Waals surface area (Å²) in [4.78, 5) is 11.0. The standard InChI is InChI=1S/C10H8ClNO2/c1-5-7-3-2-6(11)4-8(7)14-9(5)10(12)13/h2-4H,1H3,(H2,12,13). The van der Waals surface area contributed by atoms with Crippen LogP contribution in [-0.4, -0.2) is 5.91 Å². The van der Waals surface area contributed by atoms with Crippen LogP contribution in [0.3, 0.4) is 0 Å². The average Bonchev–Trinajstić information content (AvgIpc) is 2.43. The Balaban J connectivity index is 2.79. The Morgan fingerprint density at radius 1 is 1.50 bits per heavy atom. The summed E-state index contributed by atoms with van der Waals surface area (Å²) in [6.07, 6.45) is 0. The Morgan fingerprint density at radius 2 is 2.21 bits per heavy atom. The highest BCUT2D eigenvalue weighted by Gasteiger charge is 2.14. The van der Waals surface area contributed by atoms with Crippen LogP contribution in [0.25, 0.3) is 11.0 Å². The number of hydrogen-bond acceptors (Lipinski definition) is 2. The average molecular weight is 210 g/mol. The number of hydrogen-bond donors (Lipinski definition) is 1. The van der Waals surface area contributed by atoms with Gasteiger partial charge in [0.05, 0.1) is 0 Å². The van der Waals surface area contributed by atoms with Crippen LogP contribution < -0.4 is 5.73 Å². The smallest absolute Gasteiger partial charge is 0.284 e. The minimum Gasteiger partial charge on any atom is -0.451 e. The van der Waals surface area contributed by atoms with E-state index in [9.17, 15) is 4.79 Å². The van der Waals surface area contributed by atoms with Gasteiger partial charge in [-0.3, -0.25) is 4.79 Å². The Bertz CT molecular complexity index is 516. The predicted octanol–water partition coefficient (Wildman–Crippen LogP) is 2.49. The molecule has 1 aromatic heterocycles. The number of aryl methyl sites for hydroxylation is 1. The lowest BCUT2D eigenvalue weighted by atomic mass is 10.1. The number of fused-ring (bicyclic) bond motifs is 1. The van der Waals surface area contributed by atoms with Crippen LogP contribution in [0.5, 0.6) is 0 Å². The van der Waals surface area contributed by atoms with Crippen LogP contribution >= 0.6 is 11.6 Å². The molecule has 1 heterocycles. The molecule has 0 radical (unpaired) electrons. The first-order chi connectivity index (χ1) is 6.59. The van der Waals surface area contributed by atoms with Gasteiger partial charge in [0.2, 0.25) is 0 Å². The minimum atomic E-state index is -0.560. The molecular weight excluding hydrogens is 202 g/mol. The Morgan fingerprint density at radius 3 is 2.86 bits per heavy atom. The summed E-state index contributed by atoms with van der Waals surface area (Å²) in [6, 6.07) is 5.22. The molecule has 2 rings (SSSR count). The van der Waals surface area contributed by atoms with Crippen LogP contribution in [-0.2, 0) is 0 Å². The maximum Gasteiger partial charge on any atom is 0.284 e. The van der Waals surface area contributed by atoms with Gasteiger partial charge in [-0.25, -0.2) is 0 Å². The zero-order valence-electron chi connectivity index (χ0n) is 7.50. The van der Waals surface area contributed by atoms with Gasteiger partial charge >= 0.3 is 0 Å². The number of furan rings is 1. The number of rotatable bonds is 1. The number of carbonyl (C=O) groups is 1. The molecule has 4 heteroatoms. The zero-order valence-corrected chi connectivity index (χ0v) is 8.26. The number of halogens is 1. The number of primary amides is 1. The van der Waals surface area contributed by atoms with Crippen LogP contribution in [0, 0.1) is 6.92 Å².